The number of rotatable bonds is 5. The van der Waals surface area contributed by atoms with Gasteiger partial charge in [0.15, 0.2) is 11.6 Å². The molecule has 1 fully saturated rings. The van der Waals surface area contributed by atoms with Gasteiger partial charge in [-0.15, -0.1) is 0 Å². The highest BCUT2D eigenvalue weighted by atomic mass is 16.5. The van der Waals surface area contributed by atoms with Crippen LogP contribution in [0.1, 0.15) is 41.7 Å². The Hall–Kier alpha value is -1.72. The van der Waals surface area contributed by atoms with Crippen molar-refractivity contribution in [3.63, 3.8) is 0 Å². The molecule has 2 aromatic rings. The predicted molar refractivity (Wildman–Crippen MR) is 84.3 cm³/mol. The molecule has 1 aliphatic rings. The number of aryl methyl sites for hydroxylation is 1. The number of ether oxygens (including phenoxy) is 2. The molecule has 118 valence electrons. The van der Waals surface area contributed by atoms with Gasteiger partial charge in [-0.25, -0.2) is 9.67 Å². The third-order valence-corrected chi connectivity index (χ3v) is 4.23. The second-order valence-corrected chi connectivity index (χ2v) is 5.76. The van der Waals surface area contributed by atoms with Gasteiger partial charge in [-0.05, 0) is 43.9 Å². The van der Waals surface area contributed by atoms with Gasteiger partial charge in [-0.3, -0.25) is 0 Å². The Morgan fingerprint density at radius 2 is 2.23 bits per heavy atom. The number of hydrogen-bond donors (Lipinski definition) is 0. The summed E-state index contributed by atoms with van der Waals surface area (Å²) in [7, 11) is 1.70. The van der Waals surface area contributed by atoms with E-state index in [1.807, 2.05) is 4.68 Å². The van der Waals surface area contributed by atoms with Gasteiger partial charge < -0.3 is 9.47 Å². The van der Waals surface area contributed by atoms with Gasteiger partial charge in [-0.2, -0.15) is 5.10 Å². The molecule has 0 bridgehead atoms. The van der Waals surface area contributed by atoms with Crippen LogP contribution in [0.4, 0.5) is 0 Å². The van der Waals surface area contributed by atoms with E-state index in [4.69, 9.17) is 19.6 Å². The monoisotopic (exact) mass is 301 g/mol. The van der Waals surface area contributed by atoms with Gasteiger partial charge in [-0.1, -0.05) is 12.1 Å². The summed E-state index contributed by atoms with van der Waals surface area (Å²) < 4.78 is 12.9. The fraction of sp³-hybridized carbons (Fsp3) is 0.529. The summed E-state index contributed by atoms with van der Waals surface area (Å²) in [4.78, 5) is 4.72. The van der Waals surface area contributed by atoms with Crippen LogP contribution in [0.25, 0.3) is 5.69 Å². The van der Waals surface area contributed by atoms with Crippen molar-refractivity contribution in [1.29, 1.82) is 0 Å². The van der Waals surface area contributed by atoms with Crippen LogP contribution < -0.4 is 0 Å². The van der Waals surface area contributed by atoms with Crippen molar-refractivity contribution < 1.29 is 9.47 Å². The zero-order valence-electron chi connectivity index (χ0n) is 13.5. The maximum atomic E-state index is 5.83. The fourth-order valence-corrected chi connectivity index (χ4v) is 2.80. The summed E-state index contributed by atoms with van der Waals surface area (Å²) >= 11 is 0. The minimum Gasteiger partial charge on any atom is -0.384 e. The molecule has 1 saturated heterocycles. The van der Waals surface area contributed by atoms with Crippen LogP contribution in [0.5, 0.6) is 0 Å². The molecule has 1 atom stereocenters. The minimum atomic E-state index is 0.0451. The highest BCUT2D eigenvalue weighted by molar-refractivity contribution is 5.44. The second kappa shape index (κ2) is 6.58. The molecule has 0 unspecified atom stereocenters. The zero-order valence-corrected chi connectivity index (χ0v) is 13.5. The van der Waals surface area contributed by atoms with E-state index in [0.29, 0.717) is 13.0 Å². The molecule has 5 heteroatoms. The molecule has 2 heterocycles. The summed E-state index contributed by atoms with van der Waals surface area (Å²) in [6.45, 7) is 5.67. The van der Waals surface area contributed by atoms with E-state index in [9.17, 15) is 0 Å². The molecule has 0 N–H and O–H groups in total. The first kappa shape index (κ1) is 15.2. The van der Waals surface area contributed by atoms with Crippen molar-refractivity contribution in [2.24, 2.45) is 0 Å². The molecule has 0 spiro atoms. The molecular formula is C17H23N3O2. The highest BCUT2D eigenvalue weighted by Gasteiger charge is 2.25. The van der Waals surface area contributed by atoms with Crippen LogP contribution in [-0.4, -0.2) is 35.1 Å². The first-order chi connectivity index (χ1) is 10.7. The van der Waals surface area contributed by atoms with Gasteiger partial charge in [0.05, 0.1) is 12.3 Å². The number of benzene rings is 1. The van der Waals surface area contributed by atoms with Crippen LogP contribution in [0.2, 0.25) is 0 Å². The largest absolute Gasteiger partial charge is 0.384 e. The van der Waals surface area contributed by atoms with E-state index in [1.54, 1.807) is 7.11 Å². The van der Waals surface area contributed by atoms with Gasteiger partial charge in [0.2, 0.25) is 0 Å². The van der Waals surface area contributed by atoms with Crippen molar-refractivity contribution in [3.05, 3.63) is 41.0 Å². The normalized spacial score (nSPS) is 18.0. The lowest BCUT2D eigenvalue weighted by atomic mass is 10.1. The summed E-state index contributed by atoms with van der Waals surface area (Å²) in [6, 6.07) is 6.27. The van der Waals surface area contributed by atoms with Gasteiger partial charge in [0.25, 0.3) is 0 Å². The molecule has 1 aliphatic heterocycles. The Morgan fingerprint density at radius 3 is 2.95 bits per heavy atom. The molecule has 0 amide bonds. The molecule has 1 aromatic heterocycles. The molecular weight excluding hydrogens is 278 g/mol. The quantitative estimate of drug-likeness (QED) is 0.852. The SMILES string of the molecule is COCCc1nc([C@H]2CCCO2)n(-c2cccc(C)c2C)n1. The fourth-order valence-electron chi connectivity index (χ4n) is 2.80. The Labute approximate surface area is 131 Å². The lowest BCUT2D eigenvalue weighted by molar-refractivity contribution is 0.103. The highest BCUT2D eigenvalue weighted by Crippen LogP contribution is 2.30. The first-order valence-electron chi connectivity index (χ1n) is 7.83. The smallest absolute Gasteiger partial charge is 0.161 e. The lowest BCUT2D eigenvalue weighted by Crippen LogP contribution is -2.09. The van der Waals surface area contributed by atoms with Crippen LogP contribution in [0.3, 0.4) is 0 Å². The van der Waals surface area contributed by atoms with E-state index in [-0.39, 0.29) is 6.10 Å². The Bertz CT molecular complexity index is 645. The molecule has 3 rings (SSSR count). The summed E-state index contributed by atoms with van der Waals surface area (Å²) in [5, 5.41) is 4.71. The Kier molecular flexibility index (Phi) is 4.55. The van der Waals surface area contributed by atoms with Crippen LogP contribution in [0.15, 0.2) is 18.2 Å². The van der Waals surface area contributed by atoms with Gasteiger partial charge >= 0.3 is 0 Å². The Balaban J connectivity index is 2.03. The maximum absolute atomic E-state index is 5.83. The molecule has 22 heavy (non-hydrogen) atoms. The van der Waals surface area contributed by atoms with E-state index in [1.165, 1.54) is 11.1 Å². The second-order valence-electron chi connectivity index (χ2n) is 5.76. The maximum Gasteiger partial charge on any atom is 0.161 e. The van der Waals surface area contributed by atoms with Gasteiger partial charge in [0.1, 0.15) is 6.10 Å². The summed E-state index contributed by atoms with van der Waals surface area (Å²) in [6.07, 6.45) is 2.85. The van der Waals surface area contributed by atoms with Crippen LogP contribution in [0, 0.1) is 13.8 Å². The number of hydrogen-bond acceptors (Lipinski definition) is 4. The number of nitrogens with zero attached hydrogens (tertiary/aromatic N) is 3. The summed E-state index contributed by atoms with van der Waals surface area (Å²) in [5.41, 5.74) is 3.57. The minimum absolute atomic E-state index is 0.0451. The van der Waals surface area contributed by atoms with Crippen molar-refractivity contribution in [2.75, 3.05) is 20.3 Å². The lowest BCUT2D eigenvalue weighted by Gasteiger charge is -2.13. The van der Waals surface area contributed by atoms with Crippen molar-refractivity contribution in [2.45, 2.75) is 39.2 Å². The van der Waals surface area contributed by atoms with Crippen molar-refractivity contribution in [3.8, 4) is 5.69 Å². The van der Waals surface area contributed by atoms with Crippen LogP contribution in [-0.2, 0) is 15.9 Å². The van der Waals surface area contributed by atoms with Gasteiger partial charge in [0, 0.05) is 20.1 Å². The number of methoxy groups -OCH3 is 1. The van der Waals surface area contributed by atoms with Crippen molar-refractivity contribution >= 4 is 0 Å². The van der Waals surface area contributed by atoms with Crippen LogP contribution >= 0.6 is 0 Å². The topological polar surface area (TPSA) is 49.2 Å². The third-order valence-electron chi connectivity index (χ3n) is 4.23. The average molecular weight is 301 g/mol. The van der Waals surface area contributed by atoms with E-state index in [0.717, 1.165) is 36.8 Å². The van der Waals surface area contributed by atoms with E-state index >= 15 is 0 Å². The average Bonchev–Trinajstić information content (AvgIpc) is 3.16. The molecule has 0 saturated carbocycles. The third kappa shape index (κ3) is 2.91. The van der Waals surface area contributed by atoms with E-state index in [2.05, 4.69) is 32.0 Å². The number of aromatic nitrogens is 3. The Morgan fingerprint density at radius 1 is 1.36 bits per heavy atom. The molecule has 0 radical (unpaired) electrons. The first-order valence-corrected chi connectivity index (χ1v) is 7.83. The standard InChI is InChI=1S/C17H23N3O2/c1-12-6-4-7-14(13(12)2)20-17(15-8-5-10-22-15)18-16(19-20)9-11-21-3/h4,6-7,15H,5,8-11H2,1-3H3/t15-/m1/s1. The zero-order chi connectivity index (χ0) is 15.5. The summed E-state index contributed by atoms with van der Waals surface area (Å²) in [5.74, 6) is 1.73. The van der Waals surface area contributed by atoms with Crippen molar-refractivity contribution in [1.82, 2.24) is 14.8 Å². The molecule has 1 aromatic carbocycles. The molecule has 0 aliphatic carbocycles. The predicted octanol–water partition coefficient (Wildman–Crippen LogP) is 2.92. The van der Waals surface area contributed by atoms with E-state index < -0.39 is 0 Å². The molecule has 5 nitrogen and oxygen atoms in total.